The molecule has 0 unspecified atom stereocenters. The zero-order chi connectivity index (χ0) is 17.6. The second kappa shape index (κ2) is 15.2. The monoisotopic (exact) mass is 482 g/mol. The van der Waals surface area contributed by atoms with E-state index in [1.807, 2.05) is 11.8 Å². The van der Waals surface area contributed by atoms with Crippen LogP contribution < -0.4 is 10.6 Å². The molecular weight excluding hydrogens is 455 g/mol. The van der Waals surface area contributed by atoms with Crippen molar-refractivity contribution in [2.75, 3.05) is 38.8 Å². The Bertz CT molecular complexity index is 501. The number of non-ortho nitro benzene ring substituents is 1. The van der Waals surface area contributed by atoms with Gasteiger partial charge in [0.2, 0.25) is 0 Å². The molecule has 0 aliphatic heterocycles. The van der Waals surface area contributed by atoms with E-state index in [-0.39, 0.29) is 29.7 Å². The normalized spacial score (nSPS) is 10.9. The van der Waals surface area contributed by atoms with Crippen LogP contribution in [0.1, 0.15) is 18.4 Å². The average Bonchev–Trinajstić information content (AvgIpc) is 2.59. The molecule has 0 saturated carbocycles. The second-order valence-electron chi connectivity index (χ2n) is 5.13. The summed E-state index contributed by atoms with van der Waals surface area (Å²) in [6, 6.07) is 6.47. The molecule has 0 saturated heterocycles. The van der Waals surface area contributed by atoms with E-state index in [0.717, 1.165) is 43.2 Å². The molecular formula is C16H27IN4O3S. The number of nitro benzene ring substituents is 1. The van der Waals surface area contributed by atoms with Crippen LogP contribution in [-0.4, -0.2) is 49.7 Å². The molecule has 0 fully saturated rings. The number of aliphatic imine (C=N–C) groups is 1. The van der Waals surface area contributed by atoms with Crippen LogP contribution in [0.3, 0.4) is 0 Å². The van der Waals surface area contributed by atoms with Crippen molar-refractivity contribution in [1.82, 2.24) is 10.6 Å². The predicted octanol–water partition coefficient (Wildman–Crippen LogP) is 3.04. The highest BCUT2D eigenvalue weighted by atomic mass is 127. The van der Waals surface area contributed by atoms with Crippen molar-refractivity contribution in [2.45, 2.75) is 19.4 Å². The molecule has 7 nitrogen and oxygen atoms in total. The van der Waals surface area contributed by atoms with Gasteiger partial charge in [-0.2, -0.15) is 11.8 Å². The minimum Gasteiger partial charge on any atom is -0.385 e. The lowest BCUT2D eigenvalue weighted by Gasteiger charge is -2.12. The number of thioether (sulfide) groups is 1. The van der Waals surface area contributed by atoms with Gasteiger partial charge < -0.3 is 15.4 Å². The number of nitro groups is 1. The van der Waals surface area contributed by atoms with Crippen LogP contribution in [0.2, 0.25) is 0 Å². The molecule has 0 heterocycles. The number of nitrogens with zero attached hydrogens (tertiary/aromatic N) is 2. The van der Waals surface area contributed by atoms with Crippen molar-refractivity contribution >= 4 is 47.4 Å². The summed E-state index contributed by atoms with van der Waals surface area (Å²) in [5.74, 6) is 1.86. The number of ether oxygens (including phenoxy) is 1. The van der Waals surface area contributed by atoms with Gasteiger partial charge in [-0.25, -0.2) is 4.99 Å². The lowest BCUT2D eigenvalue weighted by molar-refractivity contribution is -0.384. The molecule has 25 heavy (non-hydrogen) atoms. The Morgan fingerprint density at radius 1 is 1.24 bits per heavy atom. The highest BCUT2D eigenvalue weighted by Crippen LogP contribution is 2.12. The third-order valence-electron chi connectivity index (χ3n) is 3.20. The van der Waals surface area contributed by atoms with E-state index >= 15 is 0 Å². The third kappa shape index (κ3) is 11.2. The molecule has 0 amide bonds. The van der Waals surface area contributed by atoms with Gasteiger partial charge in [0.05, 0.1) is 11.5 Å². The molecule has 1 aromatic carbocycles. The Morgan fingerprint density at radius 3 is 2.44 bits per heavy atom. The first kappa shape index (κ1) is 23.9. The summed E-state index contributed by atoms with van der Waals surface area (Å²) in [5.41, 5.74) is 1.03. The minimum atomic E-state index is -0.400. The van der Waals surface area contributed by atoms with Crippen molar-refractivity contribution in [2.24, 2.45) is 4.99 Å². The molecule has 0 radical (unpaired) electrons. The Kier molecular flexibility index (Phi) is 14.6. The number of rotatable bonds is 11. The third-order valence-corrected chi connectivity index (χ3v) is 3.90. The van der Waals surface area contributed by atoms with Crippen LogP contribution in [0, 0.1) is 10.1 Å². The van der Waals surface area contributed by atoms with Crippen LogP contribution in [0.25, 0.3) is 0 Å². The summed E-state index contributed by atoms with van der Waals surface area (Å²) in [4.78, 5) is 14.8. The first-order valence-corrected chi connectivity index (χ1v) is 9.30. The lowest BCUT2D eigenvalue weighted by Crippen LogP contribution is -2.38. The van der Waals surface area contributed by atoms with Crippen molar-refractivity contribution in [3.63, 3.8) is 0 Å². The molecule has 0 bridgehead atoms. The fourth-order valence-corrected chi connectivity index (χ4v) is 2.35. The molecule has 0 atom stereocenters. The zero-order valence-corrected chi connectivity index (χ0v) is 17.8. The Balaban J connectivity index is 0.00000576. The van der Waals surface area contributed by atoms with E-state index < -0.39 is 4.92 Å². The number of halogens is 1. The largest absolute Gasteiger partial charge is 0.385 e. The summed E-state index contributed by atoms with van der Waals surface area (Å²) >= 11 is 1.82. The summed E-state index contributed by atoms with van der Waals surface area (Å²) in [6.45, 7) is 2.81. The maximum atomic E-state index is 10.7. The molecule has 9 heteroatoms. The Labute approximate surface area is 170 Å². The van der Waals surface area contributed by atoms with Gasteiger partial charge in [0.15, 0.2) is 5.96 Å². The lowest BCUT2D eigenvalue weighted by atomic mass is 10.2. The van der Waals surface area contributed by atoms with E-state index in [2.05, 4.69) is 21.9 Å². The number of methoxy groups -OCH3 is 1. The first-order valence-electron chi connectivity index (χ1n) is 7.90. The van der Waals surface area contributed by atoms with Crippen LogP contribution in [0.4, 0.5) is 5.69 Å². The predicted molar refractivity (Wildman–Crippen MR) is 115 cm³/mol. The summed E-state index contributed by atoms with van der Waals surface area (Å²) in [5, 5.41) is 17.3. The minimum absolute atomic E-state index is 0. The maximum Gasteiger partial charge on any atom is 0.269 e. The fraction of sp³-hybridized carbons (Fsp3) is 0.562. The van der Waals surface area contributed by atoms with Gasteiger partial charge in [-0.05, 0) is 30.4 Å². The molecule has 0 aliphatic rings. The van der Waals surface area contributed by atoms with Crippen molar-refractivity contribution in [1.29, 1.82) is 0 Å². The number of nitrogens with one attached hydrogen (secondary N) is 2. The summed E-state index contributed by atoms with van der Waals surface area (Å²) < 4.78 is 5.04. The van der Waals surface area contributed by atoms with Crippen molar-refractivity contribution < 1.29 is 9.66 Å². The van der Waals surface area contributed by atoms with Crippen LogP contribution in [0.15, 0.2) is 29.3 Å². The first-order chi connectivity index (χ1) is 11.7. The van der Waals surface area contributed by atoms with E-state index in [0.29, 0.717) is 13.2 Å². The van der Waals surface area contributed by atoms with E-state index in [4.69, 9.17) is 4.74 Å². The Morgan fingerprint density at radius 2 is 1.88 bits per heavy atom. The number of guanidine groups is 1. The standard InChI is InChI=1S/C16H26N4O3S.HI/c1-23-11-3-9-17-16(18-10-4-12-24-2)19-13-14-5-7-15(8-6-14)20(21)22;/h5-8H,3-4,9-13H2,1-2H3,(H2,17,18,19);1H. The van der Waals surface area contributed by atoms with E-state index in [1.54, 1.807) is 19.2 Å². The fourth-order valence-electron chi connectivity index (χ4n) is 1.91. The van der Waals surface area contributed by atoms with Gasteiger partial charge in [0.1, 0.15) is 0 Å². The van der Waals surface area contributed by atoms with Gasteiger partial charge >= 0.3 is 0 Å². The van der Waals surface area contributed by atoms with Crippen molar-refractivity contribution in [3.05, 3.63) is 39.9 Å². The van der Waals surface area contributed by atoms with Crippen LogP contribution >= 0.6 is 35.7 Å². The quantitative estimate of drug-likeness (QED) is 0.126. The van der Waals surface area contributed by atoms with Crippen LogP contribution in [-0.2, 0) is 11.3 Å². The molecule has 0 aliphatic carbocycles. The van der Waals surface area contributed by atoms with Gasteiger partial charge in [-0.1, -0.05) is 12.1 Å². The summed E-state index contributed by atoms with van der Waals surface area (Å²) in [7, 11) is 1.68. The SMILES string of the molecule is COCCCNC(=NCc1ccc([N+](=O)[O-])cc1)NCCCSC.I. The van der Waals surface area contributed by atoms with Gasteiger partial charge in [-0.3, -0.25) is 10.1 Å². The average molecular weight is 482 g/mol. The molecule has 2 N–H and O–H groups in total. The topological polar surface area (TPSA) is 88.8 Å². The van der Waals surface area contributed by atoms with Gasteiger partial charge in [-0.15, -0.1) is 24.0 Å². The van der Waals surface area contributed by atoms with E-state index in [1.165, 1.54) is 12.1 Å². The number of hydrogen-bond acceptors (Lipinski definition) is 5. The van der Waals surface area contributed by atoms with Crippen molar-refractivity contribution in [3.8, 4) is 0 Å². The Hall–Kier alpha value is -1.07. The molecule has 0 aromatic heterocycles. The maximum absolute atomic E-state index is 10.7. The second-order valence-corrected chi connectivity index (χ2v) is 6.12. The van der Waals surface area contributed by atoms with Gasteiger partial charge in [0, 0.05) is 38.9 Å². The highest BCUT2D eigenvalue weighted by Gasteiger charge is 2.04. The summed E-state index contributed by atoms with van der Waals surface area (Å²) in [6.07, 6.45) is 4.06. The molecule has 1 aromatic rings. The highest BCUT2D eigenvalue weighted by molar-refractivity contribution is 14.0. The van der Waals surface area contributed by atoms with Crippen LogP contribution in [0.5, 0.6) is 0 Å². The number of benzene rings is 1. The van der Waals surface area contributed by atoms with Gasteiger partial charge in [0.25, 0.3) is 5.69 Å². The molecule has 142 valence electrons. The smallest absolute Gasteiger partial charge is 0.269 e. The zero-order valence-electron chi connectivity index (χ0n) is 14.7. The molecule has 1 rings (SSSR count). The molecule has 0 spiro atoms. The number of hydrogen-bond donors (Lipinski definition) is 2. The van der Waals surface area contributed by atoms with E-state index in [9.17, 15) is 10.1 Å².